The Morgan fingerprint density at radius 2 is 2.35 bits per heavy atom. The zero-order chi connectivity index (χ0) is 14.1. The third kappa shape index (κ3) is 2.41. The van der Waals surface area contributed by atoms with Gasteiger partial charge >= 0.3 is 5.97 Å². The Balaban J connectivity index is 1.84. The molecular weight excluding hydrogens is 272 g/mol. The molecule has 2 aromatic rings. The number of fused-ring (bicyclic) bond motifs is 1. The van der Waals surface area contributed by atoms with Crippen LogP contribution in [0.4, 0.5) is 5.69 Å². The number of nitrogens with zero attached hydrogens (tertiary/aromatic N) is 2. The van der Waals surface area contributed by atoms with E-state index in [2.05, 4.69) is 22.2 Å². The number of hydrogen-bond donors (Lipinski definition) is 1. The number of aromatic carboxylic acids is 1. The van der Waals surface area contributed by atoms with Crippen LogP contribution < -0.4 is 4.90 Å². The van der Waals surface area contributed by atoms with Crippen LogP contribution in [0.3, 0.4) is 0 Å². The Bertz CT molecular complexity index is 651. The largest absolute Gasteiger partial charge is 0.478 e. The molecule has 0 saturated heterocycles. The van der Waals surface area contributed by atoms with Crippen molar-refractivity contribution in [1.29, 1.82) is 0 Å². The van der Waals surface area contributed by atoms with Crippen LogP contribution in [0.5, 0.6) is 0 Å². The first-order chi connectivity index (χ1) is 9.67. The van der Waals surface area contributed by atoms with Gasteiger partial charge in [-0.1, -0.05) is 13.0 Å². The topological polar surface area (TPSA) is 53.4 Å². The van der Waals surface area contributed by atoms with Crippen LogP contribution in [0.25, 0.3) is 0 Å². The predicted molar refractivity (Wildman–Crippen MR) is 79.6 cm³/mol. The zero-order valence-electron chi connectivity index (χ0n) is 11.3. The molecule has 0 atom stereocenters. The number of aromatic nitrogens is 1. The van der Waals surface area contributed by atoms with Crippen LogP contribution in [-0.2, 0) is 19.4 Å². The van der Waals surface area contributed by atoms with Crippen LogP contribution >= 0.6 is 11.3 Å². The number of carboxylic acid groups (broad SMARTS) is 1. The lowest BCUT2D eigenvalue weighted by Gasteiger charge is -2.18. The first kappa shape index (κ1) is 13.1. The van der Waals surface area contributed by atoms with E-state index in [-0.39, 0.29) is 0 Å². The zero-order valence-corrected chi connectivity index (χ0v) is 12.1. The Kier molecular flexibility index (Phi) is 3.44. The van der Waals surface area contributed by atoms with Crippen molar-refractivity contribution in [1.82, 2.24) is 4.98 Å². The molecule has 1 aliphatic rings. The summed E-state index contributed by atoms with van der Waals surface area (Å²) < 4.78 is 0. The van der Waals surface area contributed by atoms with Crippen molar-refractivity contribution in [3.05, 3.63) is 45.4 Å². The Hall–Kier alpha value is -1.88. The lowest BCUT2D eigenvalue weighted by atomic mass is 10.1. The molecule has 3 rings (SSSR count). The van der Waals surface area contributed by atoms with Gasteiger partial charge in [-0.2, -0.15) is 0 Å². The van der Waals surface area contributed by atoms with E-state index >= 15 is 0 Å². The fraction of sp³-hybridized carbons (Fsp3) is 0.333. The Morgan fingerprint density at radius 1 is 1.50 bits per heavy atom. The fourth-order valence-electron chi connectivity index (χ4n) is 2.52. The van der Waals surface area contributed by atoms with Gasteiger partial charge in [-0.15, -0.1) is 11.3 Å². The molecule has 0 radical (unpaired) electrons. The molecule has 1 aromatic carbocycles. The fourth-order valence-corrected chi connectivity index (χ4v) is 3.26. The second kappa shape index (κ2) is 5.25. The molecule has 4 nitrogen and oxygen atoms in total. The third-order valence-electron chi connectivity index (χ3n) is 3.58. The average Bonchev–Trinajstić information content (AvgIpc) is 3.06. The van der Waals surface area contributed by atoms with Crippen LogP contribution in [0, 0.1) is 0 Å². The smallest absolute Gasteiger partial charge is 0.335 e. The number of aryl methyl sites for hydroxylation is 1. The van der Waals surface area contributed by atoms with E-state index < -0.39 is 5.97 Å². The van der Waals surface area contributed by atoms with Gasteiger partial charge < -0.3 is 10.0 Å². The van der Waals surface area contributed by atoms with Crippen LogP contribution in [-0.4, -0.2) is 22.6 Å². The highest BCUT2D eigenvalue weighted by atomic mass is 32.1. The first-order valence-electron chi connectivity index (χ1n) is 6.72. The highest BCUT2D eigenvalue weighted by molar-refractivity contribution is 7.09. The summed E-state index contributed by atoms with van der Waals surface area (Å²) in [6.45, 7) is 3.79. The molecule has 1 N–H and O–H groups in total. The summed E-state index contributed by atoms with van der Waals surface area (Å²) in [5, 5.41) is 12.3. The maximum absolute atomic E-state index is 11.1. The van der Waals surface area contributed by atoms with E-state index in [4.69, 9.17) is 5.11 Å². The molecule has 0 unspecified atom stereocenters. The van der Waals surface area contributed by atoms with Crippen molar-refractivity contribution in [2.24, 2.45) is 0 Å². The molecule has 1 aliphatic heterocycles. The van der Waals surface area contributed by atoms with Gasteiger partial charge in [0.1, 0.15) is 0 Å². The molecule has 5 heteroatoms. The number of hydrogen-bond acceptors (Lipinski definition) is 4. The average molecular weight is 288 g/mol. The number of carboxylic acids is 1. The molecule has 20 heavy (non-hydrogen) atoms. The van der Waals surface area contributed by atoms with E-state index in [9.17, 15) is 4.79 Å². The Morgan fingerprint density at radius 3 is 3.05 bits per heavy atom. The van der Waals surface area contributed by atoms with Gasteiger partial charge in [0.2, 0.25) is 0 Å². The van der Waals surface area contributed by atoms with E-state index in [0.29, 0.717) is 5.56 Å². The SMILES string of the molecule is CCc1nc(CN2CCc3ccc(C(=O)O)cc32)cs1. The summed E-state index contributed by atoms with van der Waals surface area (Å²) in [5.41, 5.74) is 3.68. The first-order valence-corrected chi connectivity index (χ1v) is 7.59. The minimum atomic E-state index is -0.874. The van der Waals surface area contributed by atoms with Crippen LogP contribution in [0.15, 0.2) is 23.6 Å². The second-order valence-corrected chi connectivity index (χ2v) is 5.85. The van der Waals surface area contributed by atoms with E-state index in [1.165, 1.54) is 5.56 Å². The number of benzene rings is 1. The lowest BCUT2D eigenvalue weighted by Crippen LogP contribution is -2.20. The van der Waals surface area contributed by atoms with Crippen molar-refractivity contribution in [3.63, 3.8) is 0 Å². The molecular formula is C15H16N2O2S. The van der Waals surface area contributed by atoms with Gasteiger partial charge in [0, 0.05) is 17.6 Å². The summed E-state index contributed by atoms with van der Waals surface area (Å²) >= 11 is 1.69. The number of carbonyl (C=O) groups is 1. The van der Waals surface area contributed by atoms with Gasteiger partial charge in [-0.05, 0) is 30.5 Å². The van der Waals surface area contributed by atoms with Gasteiger partial charge in [0.25, 0.3) is 0 Å². The predicted octanol–water partition coefficient (Wildman–Crippen LogP) is 2.97. The quantitative estimate of drug-likeness (QED) is 0.939. The number of anilines is 1. The molecule has 0 fully saturated rings. The lowest BCUT2D eigenvalue weighted by molar-refractivity contribution is 0.0697. The standard InChI is InChI=1S/C15H16N2O2S/c1-2-14-16-12(9-20-14)8-17-6-5-10-3-4-11(15(18)19)7-13(10)17/h3-4,7,9H,2,5-6,8H2,1H3,(H,18,19). The van der Waals surface area contributed by atoms with Crippen molar-refractivity contribution in [2.75, 3.05) is 11.4 Å². The van der Waals surface area contributed by atoms with Crippen molar-refractivity contribution in [3.8, 4) is 0 Å². The molecule has 0 aliphatic carbocycles. The molecule has 1 aromatic heterocycles. The van der Waals surface area contributed by atoms with E-state index in [1.807, 2.05) is 6.07 Å². The van der Waals surface area contributed by atoms with Gasteiger partial charge in [-0.3, -0.25) is 0 Å². The van der Waals surface area contributed by atoms with Crippen molar-refractivity contribution >= 4 is 23.0 Å². The van der Waals surface area contributed by atoms with E-state index in [0.717, 1.165) is 42.3 Å². The maximum Gasteiger partial charge on any atom is 0.335 e. The minimum absolute atomic E-state index is 0.350. The monoisotopic (exact) mass is 288 g/mol. The van der Waals surface area contributed by atoms with E-state index in [1.54, 1.807) is 23.5 Å². The summed E-state index contributed by atoms with van der Waals surface area (Å²) in [6, 6.07) is 5.39. The molecule has 0 amide bonds. The third-order valence-corrected chi connectivity index (χ3v) is 4.62. The summed E-state index contributed by atoms with van der Waals surface area (Å²) in [7, 11) is 0. The van der Waals surface area contributed by atoms with Gasteiger partial charge in [-0.25, -0.2) is 9.78 Å². The highest BCUT2D eigenvalue weighted by Gasteiger charge is 2.21. The summed E-state index contributed by atoms with van der Waals surface area (Å²) in [6.07, 6.45) is 1.93. The maximum atomic E-state index is 11.1. The van der Waals surface area contributed by atoms with Gasteiger partial charge in [0.05, 0.1) is 22.8 Å². The summed E-state index contributed by atoms with van der Waals surface area (Å²) in [4.78, 5) is 17.9. The molecule has 0 spiro atoms. The van der Waals surface area contributed by atoms with Crippen LogP contribution in [0.2, 0.25) is 0 Å². The molecule has 104 valence electrons. The normalized spacial score (nSPS) is 13.6. The summed E-state index contributed by atoms with van der Waals surface area (Å²) in [5.74, 6) is -0.874. The number of thiazole rings is 1. The highest BCUT2D eigenvalue weighted by Crippen LogP contribution is 2.30. The molecule has 0 bridgehead atoms. The van der Waals surface area contributed by atoms with Crippen molar-refractivity contribution < 1.29 is 9.90 Å². The van der Waals surface area contributed by atoms with Crippen molar-refractivity contribution in [2.45, 2.75) is 26.3 Å². The molecule has 2 heterocycles. The molecule has 0 saturated carbocycles. The van der Waals surface area contributed by atoms with Crippen LogP contribution in [0.1, 0.15) is 33.5 Å². The second-order valence-electron chi connectivity index (χ2n) is 4.91. The number of rotatable bonds is 4. The minimum Gasteiger partial charge on any atom is -0.478 e. The van der Waals surface area contributed by atoms with Gasteiger partial charge in [0.15, 0.2) is 0 Å². The Labute approximate surface area is 121 Å².